The smallest absolute Gasteiger partial charge is 0.310 e. The van der Waals surface area contributed by atoms with Crippen molar-refractivity contribution in [3.8, 4) is 0 Å². The molecule has 4 aliphatic rings. The monoisotopic (exact) mass is 511 g/mol. The van der Waals surface area contributed by atoms with Crippen molar-refractivity contribution in [2.24, 2.45) is 23.7 Å². The van der Waals surface area contributed by atoms with Crippen molar-refractivity contribution in [2.45, 2.75) is 62.6 Å². The first-order chi connectivity index (χ1) is 16.8. The number of hydrogen-bond donors (Lipinski definition) is 2. The molecule has 9 nitrogen and oxygen atoms in total. The summed E-state index contributed by atoms with van der Waals surface area (Å²) in [5.74, 6) is -1.51. The number of hydrogen-bond acceptors (Lipinski definition) is 8. The van der Waals surface area contributed by atoms with Crippen LogP contribution in [-0.2, 0) is 23.9 Å². The molecule has 198 valence electrons. The summed E-state index contributed by atoms with van der Waals surface area (Å²) in [6, 6.07) is -1.18. The van der Waals surface area contributed by atoms with Gasteiger partial charge in [-0.15, -0.1) is 11.8 Å². The third kappa shape index (κ3) is 4.71. The second-order valence-electron chi connectivity index (χ2n) is 10.8. The number of ether oxygens (including phenoxy) is 2. The van der Waals surface area contributed by atoms with Gasteiger partial charge in [-0.1, -0.05) is 20.8 Å². The fourth-order valence-electron chi connectivity index (χ4n) is 6.74. The Hall–Kier alpha value is -1.36. The maximum atomic E-state index is 14.0. The fraction of sp³-hybridized carbons (Fsp3) is 0.880. The van der Waals surface area contributed by atoms with Crippen molar-refractivity contribution in [1.29, 1.82) is 0 Å². The zero-order valence-electron chi connectivity index (χ0n) is 21.4. The summed E-state index contributed by atoms with van der Waals surface area (Å²) in [7, 11) is 0. The maximum absolute atomic E-state index is 14.0. The van der Waals surface area contributed by atoms with Crippen molar-refractivity contribution in [3.63, 3.8) is 0 Å². The van der Waals surface area contributed by atoms with Crippen LogP contribution < -0.4 is 5.32 Å². The van der Waals surface area contributed by atoms with E-state index < -0.39 is 28.7 Å². The molecule has 2 N–H and O–H groups in total. The van der Waals surface area contributed by atoms with E-state index in [9.17, 15) is 19.5 Å². The first-order valence-corrected chi connectivity index (χ1v) is 14.0. The van der Waals surface area contributed by atoms with E-state index in [1.807, 2.05) is 13.8 Å². The van der Waals surface area contributed by atoms with Gasteiger partial charge in [0, 0.05) is 31.4 Å². The van der Waals surface area contributed by atoms with E-state index in [1.165, 1.54) is 0 Å². The average molecular weight is 512 g/mol. The van der Waals surface area contributed by atoms with Gasteiger partial charge in [0.15, 0.2) is 0 Å². The minimum absolute atomic E-state index is 0.0264. The van der Waals surface area contributed by atoms with Gasteiger partial charge >= 0.3 is 5.97 Å². The molecule has 4 saturated heterocycles. The largest absolute Gasteiger partial charge is 0.466 e. The van der Waals surface area contributed by atoms with Crippen LogP contribution in [0.5, 0.6) is 0 Å². The zero-order chi connectivity index (χ0) is 25.3. The molecule has 2 amide bonds. The highest BCUT2D eigenvalue weighted by Crippen LogP contribution is 2.69. The molecule has 0 aliphatic carbocycles. The van der Waals surface area contributed by atoms with Crippen LogP contribution in [0.4, 0.5) is 0 Å². The van der Waals surface area contributed by atoms with E-state index in [-0.39, 0.29) is 48.1 Å². The van der Waals surface area contributed by atoms with E-state index in [0.717, 1.165) is 26.1 Å². The Labute approximate surface area is 212 Å². The van der Waals surface area contributed by atoms with E-state index >= 15 is 0 Å². The molecule has 0 aromatic carbocycles. The molecule has 1 spiro atoms. The summed E-state index contributed by atoms with van der Waals surface area (Å²) in [5, 5.41) is 13.4. The van der Waals surface area contributed by atoms with E-state index in [0.29, 0.717) is 26.2 Å². The minimum atomic E-state index is -0.718. The molecule has 2 bridgehead atoms. The van der Waals surface area contributed by atoms with Gasteiger partial charge in [-0.3, -0.25) is 19.3 Å². The van der Waals surface area contributed by atoms with E-state index in [1.54, 1.807) is 23.6 Å². The lowest BCUT2D eigenvalue weighted by atomic mass is 9.66. The summed E-state index contributed by atoms with van der Waals surface area (Å²) >= 11 is 1.64. The second kappa shape index (κ2) is 10.9. The molecular weight excluding hydrogens is 470 g/mol. The number of aliphatic hydroxyl groups excluding tert-OH is 1. The van der Waals surface area contributed by atoms with Gasteiger partial charge in [-0.05, 0) is 31.6 Å². The van der Waals surface area contributed by atoms with Crippen LogP contribution in [0.2, 0.25) is 0 Å². The van der Waals surface area contributed by atoms with Crippen LogP contribution in [0, 0.1) is 23.7 Å². The van der Waals surface area contributed by atoms with Gasteiger partial charge in [-0.2, -0.15) is 0 Å². The number of nitrogens with one attached hydrogen (secondary N) is 1. The first-order valence-electron chi connectivity index (χ1n) is 13.1. The molecule has 0 aromatic heterocycles. The maximum Gasteiger partial charge on any atom is 0.310 e. The molecular formula is C25H41N3O6S. The van der Waals surface area contributed by atoms with E-state index in [4.69, 9.17) is 9.47 Å². The molecule has 3 unspecified atom stereocenters. The quantitative estimate of drug-likeness (QED) is 0.414. The number of esters is 1. The third-order valence-corrected chi connectivity index (χ3v) is 10.2. The van der Waals surface area contributed by atoms with Crippen LogP contribution in [0.25, 0.3) is 0 Å². The number of aliphatic hydroxyl groups is 1. The molecule has 4 heterocycles. The molecule has 0 saturated carbocycles. The average Bonchev–Trinajstić information content (AvgIpc) is 3.42. The van der Waals surface area contributed by atoms with Crippen LogP contribution in [0.15, 0.2) is 0 Å². The molecule has 0 radical (unpaired) electrons. The van der Waals surface area contributed by atoms with E-state index in [2.05, 4.69) is 17.1 Å². The van der Waals surface area contributed by atoms with Gasteiger partial charge in [-0.25, -0.2) is 0 Å². The predicted molar refractivity (Wildman–Crippen MR) is 133 cm³/mol. The molecule has 4 fully saturated rings. The molecule has 0 aromatic rings. The number of nitrogens with zero attached hydrogens (tertiary/aromatic N) is 2. The predicted octanol–water partition coefficient (Wildman–Crippen LogP) is 0.742. The van der Waals surface area contributed by atoms with Gasteiger partial charge < -0.3 is 24.8 Å². The zero-order valence-corrected chi connectivity index (χ0v) is 22.2. The normalized spacial score (nSPS) is 35.4. The van der Waals surface area contributed by atoms with Crippen molar-refractivity contribution in [2.75, 3.05) is 52.6 Å². The van der Waals surface area contributed by atoms with Crippen LogP contribution in [-0.4, -0.2) is 107 Å². The fourth-order valence-corrected chi connectivity index (χ4v) is 9.13. The van der Waals surface area contributed by atoms with Gasteiger partial charge in [0.05, 0.1) is 49.1 Å². The van der Waals surface area contributed by atoms with Crippen molar-refractivity contribution in [3.05, 3.63) is 0 Å². The minimum Gasteiger partial charge on any atom is -0.466 e. The van der Waals surface area contributed by atoms with Gasteiger partial charge in [0.2, 0.25) is 11.8 Å². The number of morpholine rings is 1. The second-order valence-corrected chi connectivity index (χ2v) is 12.3. The number of likely N-dealkylation sites (tertiary alicyclic amines) is 1. The Bertz CT molecular complexity index is 806. The summed E-state index contributed by atoms with van der Waals surface area (Å²) in [6.07, 6.45) is 1.37. The summed E-state index contributed by atoms with van der Waals surface area (Å²) < 4.78 is 10.1. The molecule has 7 atom stereocenters. The number of fused-ring (bicyclic) bond motifs is 1. The highest BCUT2D eigenvalue weighted by atomic mass is 32.2. The molecule has 35 heavy (non-hydrogen) atoms. The third-order valence-electron chi connectivity index (χ3n) is 8.17. The first kappa shape index (κ1) is 26.7. The number of rotatable bonds is 10. The Morgan fingerprint density at radius 3 is 2.66 bits per heavy atom. The summed E-state index contributed by atoms with van der Waals surface area (Å²) in [6.45, 7) is 12.3. The number of carbonyl (C=O) groups is 3. The van der Waals surface area contributed by atoms with Gasteiger partial charge in [0.25, 0.3) is 0 Å². The highest BCUT2D eigenvalue weighted by Gasteiger charge is 2.76. The Morgan fingerprint density at radius 2 is 2.03 bits per heavy atom. The highest BCUT2D eigenvalue weighted by molar-refractivity contribution is 8.02. The number of thioether (sulfide) groups is 1. The van der Waals surface area contributed by atoms with Crippen molar-refractivity contribution >= 4 is 29.5 Å². The Balaban J connectivity index is 1.63. The SMILES string of the molecule is CCOC(=O)[C@@H]1[C@H]2C(=O)N([C@@H](CO)CC(C)C)C(C(=O)NCCN3CCOCC3)C23S[C@@H]1CC3C. The lowest BCUT2D eigenvalue weighted by Crippen LogP contribution is -2.59. The van der Waals surface area contributed by atoms with Crippen LogP contribution in [0.1, 0.15) is 40.5 Å². The topological polar surface area (TPSA) is 108 Å². The van der Waals surface area contributed by atoms with Crippen LogP contribution >= 0.6 is 11.8 Å². The molecule has 10 heteroatoms. The van der Waals surface area contributed by atoms with Crippen molar-refractivity contribution < 1.29 is 29.0 Å². The van der Waals surface area contributed by atoms with Gasteiger partial charge in [0.1, 0.15) is 6.04 Å². The molecule has 4 rings (SSSR count). The Morgan fingerprint density at radius 1 is 1.31 bits per heavy atom. The lowest BCUT2D eigenvalue weighted by molar-refractivity contribution is -0.154. The summed E-state index contributed by atoms with van der Waals surface area (Å²) in [5.41, 5.74) is 0. The Kier molecular flexibility index (Phi) is 8.35. The summed E-state index contributed by atoms with van der Waals surface area (Å²) in [4.78, 5) is 44.8. The molecule has 4 aliphatic heterocycles. The standard InChI is InChI=1S/C25H41N3O6S/c1-5-34-24(32)19-18-13-16(4)25(35-18)20(19)23(31)28(17(14-29)12-15(2)3)21(25)22(30)26-6-7-27-8-10-33-11-9-27/h15-21,29H,5-14H2,1-4H3,(H,26,30)/t16?,17-,18-,19+,20+,21?,25?/m1/s1. The lowest BCUT2D eigenvalue weighted by Gasteiger charge is -2.40. The van der Waals surface area contributed by atoms with Crippen LogP contribution in [0.3, 0.4) is 0 Å². The number of carbonyl (C=O) groups excluding carboxylic acids is 3. The number of amides is 2. The van der Waals surface area contributed by atoms with Crippen molar-refractivity contribution in [1.82, 2.24) is 15.1 Å².